The zero-order valence-electron chi connectivity index (χ0n) is 9.87. The number of likely N-dealkylation sites (tertiary alicyclic amines) is 1. The van der Waals surface area contributed by atoms with Crippen LogP contribution in [0, 0.1) is 5.92 Å². The van der Waals surface area contributed by atoms with E-state index in [1.54, 1.807) is 11.6 Å². The minimum absolute atomic E-state index is 0.263. The van der Waals surface area contributed by atoms with E-state index in [0.29, 0.717) is 5.69 Å². The van der Waals surface area contributed by atoms with Gasteiger partial charge < -0.3 is 15.3 Å². The smallest absolute Gasteiger partial charge is 0.321 e. The molecular weight excluding hydrogens is 266 g/mol. The van der Waals surface area contributed by atoms with Crippen LogP contribution in [0.2, 0.25) is 0 Å². The van der Waals surface area contributed by atoms with Crippen LogP contribution in [0.3, 0.4) is 0 Å². The van der Waals surface area contributed by atoms with Crippen LogP contribution in [0.5, 0.6) is 0 Å². The van der Waals surface area contributed by atoms with E-state index in [4.69, 9.17) is 5.11 Å². The maximum absolute atomic E-state index is 11.8. The zero-order valence-corrected chi connectivity index (χ0v) is 10.7. The van der Waals surface area contributed by atoms with E-state index in [1.165, 1.54) is 16.2 Å². The molecule has 0 spiro atoms. The Labute approximate surface area is 112 Å². The van der Waals surface area contributed by atoms with Crippen LogP contribution in [0.1, 0.15) is 0 Å². The highest BCUT2D eigenvalue weighted by Crippen LogP contribution is 2.23. The molecule has 0 aliphatic carbocycles. The molecule has 1 aliphatic rings. The number of aromatic nitrogens is 1. The van der Waals surface area contributed by atoms with Gasteiger partial charge in [-0.25, -0.2) is 9.78 Å². The highest BCUT2D eigenvalue weighted by molar-refractivity contribution is 7.16. The maximum atomic E-state index is 11.8. The maximum Gasteiger partial charge on any atom is 0.321 e. The molecule has 0 unspecified atom stereocenters. The zero-order chi connectivity index (χ0) is 13.4. The molecule has 1 aromatic heterocycles. The van der Waals surface area contributed by atoms with Crippen molar-refractivity contribution in [1.82, 2.24) is 9.88 Å². The number of thiazole rings is 1. The predicted octanol–water partition coefficient (Wildman–Crippen LogP) is 1.84. The molecule has 2 N–H and O–H groups in total. The first kappa shape index (κ1) is 11.9. The van der Waals surface area contributed by atoms with E-state index in [2.05, 4.69) is 10.3 Å². The molecule has 98 valence electrons. The second-order valence-electron chi connectivity index (χ2n) is 4.41. The second-order valence-corrected chi connectivity index (χ2v) is 5.29. The summed E-state index contributed by atoms with van der Waals surface area (Å²) in [6.07, 6.45) is 0. The van der Waals surface area contributed by atoms with Crippen molar-refractivity contribution in [3.05, 3.63) is 23.7 Å². The second kappa shape index (κ2) is 4.51. The minimum atomic E-state index is -0.852. The largest absolute Gasteiger partial charge is 0.481 e. The number of carbonyl (C=O) groups is 2. The van der Waals surface area contributed by atoms with Crippen LogP contribution in [0.25, 0.3) is 10.2 Å². The lowest BCUT2D eigenvalue weighted by Gasteiger charge is -2.36. The van der Waals surface area contributed by atoms with Gasteiger partial charge in [0.25, 0.3) is 0 Å². The van der Waals surface area contributed by atoms with Crippen LogP contribution in [-0.2, 0) is 4.79 Å². The van der Waals surface area contributed by atoms with Crippen molar-refractivity contribution >= 4 is 39.2 Å². The lowest BCUT2D eigenvalue weighted by atomic mass is 10.0. The van der Waals surface area contributed by atoms with E-state index < -0.39 is 11.9 Å². The summed E-state index contributed by atoms with van der Waals surface area (Å²) < 4.78 is 1.00. The monoisotopic (exact) mass is 277 g/mol. The first-order valence-electron chi connectivity index (χ1n) is 5.75. The van der Waals surface area contributed by atoms with Gasteiger partial charge in [-0.15, -0.1) is 11.3 Å². The Bertz CT molecular complexity index is 648. The molecule has 7 heteroatoms. The Morgan fingerprint density at radius 1 is 1.42 bits per heavy atom. The number of carboxylic acid groups (broad SMARTS) is 1. The molecule has 6 nitrogen and oxygen atoms in total. The summed E-state index contributed by atoms with van der Waals surface area (Å²) >= 11 is 1.51. The van der Waals surface area contributed by atoms with Crippen LogP contribution < -0.4 is 5.32 Å². The summed E-state index contributed by atoms with van der Waals surface area (Å²) in [4.78, 5) is 28.2. The van der Waals surface area contributed by atoms with Gasteiger partial charge in [-0.05, 0) is 18.2 Å². The number of hydrogen-bond donors (Lipinski definition) is 2. The van der Waals surface area contributed by atoms with E-state index in [9.17, 15) is 9.59 Å². The highest BCUT2D eigenvalue weighted by atomic mass is 32.1. The van der Waals surface area contributed by atoms with E-state index in [0.717, 1.165) is 10.2 Å². The van der Waals surface area contributed by atoms with E-state index in [1.807, 2.05) is 12.1 Å². The fraction of sp³-hybridized carbons (Fsp3) is 0.250. The van der Waals surface area contributed by atoms with Crippen LogP contribution in [0.15, 0.2) is 23.7 Å². The Morgan fingerprint density at radius 2 is 2.21 bits per heavy atom. The van der Waals surface area contributed by atoms with E-state index in [-0.39, 0.29) is 19.1 Å². The number of anilines is 1. The standard InChI is InChI=1S/C12H11N3O3S/c16-11(17)7-4-15(5-7)12(18)14-8-1-2-9-10(3-8)19-6-13-9/h1-3,6-7H,4-5H2,(H,14,18)(H,16,17). The Hall–Kier alpha value is -2.15. The van der Waals surface area contributed by atoms with Crippen LogP contribution in [0.4, 0.5) is 10.5 Å². The van der Waals surface area contributed by atoms with Gasteiger partial charge in [0.2, 0.25) is 0 Å². The molecule has 1 aromatic carbocycles. The molecule has 3 rings (SSSR count). The van der Waals surface area contributed by atoms with Gasteiger partial charge in [0.1, 0.15) is 0 Å². The van der Waals surface area contributed by atoms with Crippen molar-refractivity contribution in [3.63, 3.8) is 0 Å². The number of carbonyl (C=O) groups excluding carboxylic acids is 1. The number of urea groups is 1. The first-order chi connectivity index (χ1) is 9.13. The van der Waals surface area contributed by atoms with E-state index >= 15 is 0 Å². The van der Waals surface area contributed by atoms with Crippen LogP contribution >= 0.6 is 11.3 Å². The third kappa shape index (κ3) is 2.24. The molecule has 1 fully saturated rings. The van der Waals surface area contributed by atoms with Gasteiger partial charge in [-0.1, -0.05) is 0 Å². The summed E-state index contributed by atoms with van der Waals surface area (Å²) in [7, 11) is 0. The molecule has 1 aliphatic heterocycles. The minimum Gasteiger partial charge on any atom is -0.481 e. The molecule has 0 saturated carbocycles. The average molecular weight is 277 g/mol. The number of hydrogen-bond acceptors (Lipinski definition) is 4. The number of fused-ring (bicyclic) bond motifs is 1. The molecule has 0 radical (unpaired) electrons. The third-order valence-corrected chi connectivity index (χ3v) is 3.89. The molecule has 2 aromatic rings. The molecular formula is C12H11N3O3S. The van der Waals surface area contributed by atoms with Gasteiger partial charge >= 0.3 is 12.0 Å². The number of rotatable bonds is 2. The summed E-state index contributed by atoms with van der Waals surface area (Å²) in [5.41, 5.74) is 3.35. The Kier molecular flexibility index (Phi) is 2.83. The van der Waals surface area contributed by atoms with Crippen molar-refractivity contribution in [2.75, 3.05) is 18.4 Å². The molecule has 0 bridgehead atoms. The topological polar surface area (TPSA) is 82.5 Å². The predicted molar refractivity (Wildman–Crippen MR) is 71.3 cm³/mol. The number of aliphatic carboxylic acids is 1. The van der Waals surface area contributed by atoms with Gasteiger partial charge in [0.15, 0.2) is 0 Å². The normalized spacial score (nSPS) is 15.3. The SMILES string of the molecule is O=C(O)C1CN(C(=O)Nc2ccc3ncsc3c2)C1. The first-order valence-corrected chi connectivity index (χ1v) is 6.63. The number of amides is 2. The number of nitrogens with zero attached hydrogens (tertiary/aromatic N) is 2. The summed E-state index contributed by atoms with van der Waals surface area (Å²) in [5, 5.41) is 11.5. The van der Waals surface area contributed by atoms with Gasteiger partial charge in [-0.2, -0.15) is 0 Å². The van der Waals surface area contributed by atoms with Crippen molar-refractivity contribution in [2.24, 2.45) is 5.92 Å². The molecule has 19 heavy (non-hydrogen) atoms. The summed E-state index contributed by atoms with van der Waals surface area (Å²) in [6.45, 7) is 0.536. The Morgan fingerprint density at radius 3 is 2.95 bits per heavy atom. The summed E-state index contributed by atoms with van der Waals surface area (Å²) in [5.74, 6) is -1.29. The fourth-order valence-electron chi connectivity index (χ4n) is 1.94. The summed E-state index contributed by atoms with van der Waals surface area (Å²) in [6, 6.07) is 5.23. The number of nitrogens with one attached hydrogen (secondary N) is 1. The third-order valence-electron chi connectivity index (χ3n) is 3.10. The highest BCUT2D eigenvalue weighted by Gasteiger charge is 2.35. The van der Waals surface area contributed by atoms with Crippen LogP contribution in [-0.4, -0.2) is 40.1 Å². The van der Waals surface area contributed by atoms with Gasteiger partial charge in [0, 0.05) is 18.8 Å². The van der Waals surface area contributed by atoms with Crippen molar-refractivity contribution < 1.29 is 14.7 Å². The number of benzene rings is 1. The van der Waals surface area contributed by atoms with Crippen molar-refractivity contribution in [2.45, 2.75) is 0 Å². The van der Waals surface area contributed by atoms with Crippen molar-refractivity contribution in [3.8, 4) is 0 Å². The quantitative estimate of drug-likeness (QED) is 0.877. The Balaban J connectivity index is 1.65. The lowest BCUT2D eigenvalue weighted by molar-refractivity contribution is -0.145. The molecule has 1 saturated heterocycles. The molecule has 2 amide bonds. The van der Waals surface area contributed by atoms with Gasteiger partial charge in [0.05, 0.1) is 21.6 Å². The molecule has 0 atom stereocenters. The number of carboxylic acids is 1. The van der Waals surface area contributed by atoms with Crippen molar-refractivity contribution in [1.29, 1.82) is 0 Å². The average Bonchev–Trinajstić information content (AvgIpc) is 2.73. The molecule has 2 heterocycles. The van der Waals surface area contributed by atoms with Gasteiger partial charge in [-0.3, -0.25) is 4.79 Å². The lowest BCUT2D eigenvalue weighted by Crippen LogP contribution is -2.54. The fourth-order valence-corrected chi connectivity index (χ4v) is 2.65.